The Hall–Kier alpha value is -0.900. The lowest BCUT2D eigenvalue weighted by Crippen LogP contribution is -2.48. The summed E-state index contributed by atoms with van der Waals surface area (Å²) in [7, 11) is 0. The van der Waals surface area contributed by atoms with Crippen molar-refractivity contribution in [2.24, 2.45) is 17.8 Å². The molecule has 4 fully saturated rings. The van der Waals surface area contributed by atoms with Gasteiger partial charge in [0, 0.05) is 0 Å². The van der Waals surface area contributed by atoms with Gasteiger partial charge in [0.2, 0.25) is 5.89 Å². The molecule has 0 saturated heterocycles. The quantitative estimate of drug-likeness (QED) is 0.905. The van der Waals surface area contributed by atoms with E-state index in [1.165, 1.54) is 38.5 Å². The summed E-state index contributed by atoms with van der Waals surface area (Å²) in [5, 5.41) is 7.43. The lowest BCUT2D eigenvalue weighted by molar-refractivity contribution is -0.0201. The third kappa shape index (κ3) is 1.92. The molecule has 0 aromatic carbocycles. The van der Waals surface area contributed by atoms with Gasteiger partial charge in [-0.2, -0.15) is 4.98 Å². The maximum Gasteiger partial charge on any atom is 0.232 e. The molecule has 1 aromatic rings. The third-order valence-electron chi connectivity index (χ3n) is 5.49. The van der Waals surface area contributed by atoms with Crippen LogP contribution in [0.25, 0.3) is 0 Å². The minimum absolute atomic E-state index is 0.242. The summed E-state index contributed by atoms with van der Waals surface area (Å²) in [6.07, 6.45) is 8.25. The van der Waals surface area contributed by atoms with Crippen molar-refractivity contribution in [2.75, 3.05) is 6.54 Å². The molecule has 4 bridgehead atoms. The zero-order valence-electron chi connectivity index (χ0n) is 11.7. The molecular weight excluding hydrogens is 238 g/mol. The first kappa shape index (κ1) is 11.9. The highest BCUT2D eigenvalue weighted by Crippen LogP contribution is 2.60. The topological polar surface area (TPSA) is 51.0 Å². The van der Waals surface area contributed by atoms with Crippen LogP contribution in [0, 0.1) is 17.8 Å². The van der Waals surface area contributed by atoms with Crippen molar-refractivity contribution in [3.8, 4) is 0 Å². The van der Waals surface area contributed by atoms with E-state index in [-0.39, 0.29) is 5.41 Å². The molecule has 5 rings (SSSR count). The molecule has 1 N–H and O–H groups in total. The predicted octanol–water partition coefficient (Wildman–Crippen LogP) is 2.65. The van der Waals surface area contributed by atoms with E-state index in [4.69, 9.17) is 9.51 Å². The summed E-state index contributed by atoms with van der Waals surface area (Å²) in [5.41, 5.74) is 0.242. The lowest BCUT2D eigenvalue weighted by atomic mass is 9.49. The van der Waals surface area contributed by atoms with Crippen molar-refractivity contribution in [1.29, 1.82) is 0 Å². The van der Waals surface area contributed by atoms with Crippen molar-refractivity contribution in [3.05, 3.63) is 11.7 Å². The molecule has 0 atom stereocenters. The normalized spacial score (nSPS) is 39.9. The van der Waals surface area contributed by atoms with Crippen LogP contribution < -0.4 is 5.32 Å². The van der Waals surface area contributed by atoms with E-state index in [1.54, 1.807) is 0 Å². The van der Waals surface area contributed by atoms with Crippen LogP contribution in [-0.4, -0.2) is 16.7 Å². The van der Waals surface area contributed by atoms with Crippen LogP contribution in [0.2, 0.25) is 0 Å². The number of aromatic nitrogens is 2. The zero-order valence-corrected chi connectivity index (χ0v) is 11.7. The molecule has 0 spiro atoms. The smallest absolute Gasteiger partial charge is 0.232 e. The maximum absolute atomic E-state index is 5.65. The summed E-state index contributed by atoms with van der Waals surface area (Å²) in [4.78, 5) is 4.70. The fourth-order valence-corrected chi connectivity index (χ4v) is 5.15. The van der Waals surface area contributed by atoms with Gasteiger partial charge in [-0.1, -0.05) is 12.1 Å². The molecule has 1 aromatic heterocycles. The molecule has 4 heteroatoms. The largest absolute Gasteiger partial charge is 0.339 e. The molecule has 1 heterocycles. The Kier molecular flexibility index (Phi) is 2.69. The predicted molar refractivity (Wildman–Crippen MR) is 71.5 cm³/mol. The average molecular weight is 261 g/mol. The summed E-state index contributed by atoms with van der Waals surface area (Å²) in [6.45, 7) is 3.77. The Labute approximate surface area is 114 Å². The highest BCUT2D eigenvalue weighted by molar-refractivity contribution is 5.15. The molecule has 0 amide bonds. The van der Waals surface area contributed by atoms with Crippen molar-refractivity contribution < 1.29 is 4.52 Å². The summed E-state index contributed by atoms with van der Waals surface area (Å²) < 4.78 is 5.65. The second-order valence-electron chi connectivity index (χ2n) is 6.99. The molecule has 4 aliphatic carbocycles. The Morgan fingerprint density at radius 3 is 2.37 bits per heavy atom. The van der Waals surface area contributed by atoms with Crippen LogP contribution in [-0.2, 0) is 12.0 Å². The van der Waals surface area contributed by atoms with E-state index in [0.29, 0.717) is 0 Å². The summed E-state index contributed by atoms with van der Waals surface area (Å²) in [5.74, 6) is 4.55. The molecule has 4 saturated carbocycles. The second kappa shape index (κ2) is 4.30. The molecule has 4 nitrogen and oxygen atoms in total. The van der Waals surface area contributed by atoms with E-state index in [9.17, 15) is 0 Å². The Morgan fingerprint density at radius 1 is 1.16 bits per heavy atom. The Bertz CT molecular complexity index is 432. The van der Waals surface area contributed by atoms with Crippen LogP contribution in [0.4, 0.5) is 0 Å². The van der Waals surface area contributed by atoms with Gasteiger partial charge < -0.3 is 9.84 Å². The SMILES string of the molecule is CCNCc1noc(C23CC4CC(CC(C4)C2)C3)n1. The van der Waals surface area contributed by atoms with Gasteiger partial charge in [0.1, 0.15) is 0 Å². The van der Waals surface area contributed by atoms with Gasteiger partial charge in [-0.05, 0) is 62.8 Å². The van der Waals surface area contributed by atoms with Crippen LogP contribution >= 0.6 is 0 Å². The monoisotopic (exact) mass is 261 g/mol. The lowest BCUT2D eigenvalue weighted by Gasteiger charge is -2.55. The van der Waals surface area contributed by atoms with Gasteiger partial charge >= 0.3 is 0 Å². The highest BCUT2D eigenvalue weighted by Gasteiger charge is 2.54. The Morgan fingerprint density at radius 2 is 1.79 bits per heavy atom. The van der Waals surface area contributed by atoms with Crippen LogP contribution in [0.1, 0.15) is 57.2 Å². The third-order valence-corrected chi connectivity index (χ3v) is 5.49. The summed E-state index contributed by atoms with van der Waals surface area (Å²) >= 11 is 0. The van der Waals surface area contributed by atoms with Crippen LogP contribution in [0.3, 0.4) is 0 Å². The first-order valence-electron chi connectivity index (χ1n) is 7.81. The minimum Gasteiger partial charge on any atom is -0.339 e. The van der Waals surface area contributed by atoms with E-state index >= 15 is 0 Å². The Balaban J connectivity index is 1.59. The first-order valence-corrected chi connectivity index (χ1v) is 7.81. The summed E-state index contributed by atoms with van der Waals surface area (Å²) in [6, 6.07) is 0. The minimum atomic E-state index is 0.242. The van der Waals surface area contributed by atoms with Crippen molar-refractivity contribution in [3.63, 3.8) is 0 Å². The van der Waals surface area contributed by atoms with Crippen molar-refractivity contribution in [2.45, 2.75) is 57.4 Å². The molecule has 19 heavy (non-hydrogen) atoms. The molecule has 4 aliphatic rings. The number of nitrogens with zero attached hydrogens (tertiary/aromatic N) is 2. The van der Waals surface area contributed by atoms with Gasteiger partial charge in [0.15, 0.2) is 5.82 Å². The van der Waals surface area contributed by atoms with Gasteiger partial charge in [-0.3, -0.25) is 0 Å². The van der Waals surface area contributed by atoms with E-state index in [1.807, 2.05) is 0 Å². The van der Waals surface area contributed by atoms with Gasteiger partial charge in [-0.25, -0.2) is 0 Å². The van der Waals surface area contributed by atoms with E-state index in [2.05, 4.69) is 17.4 Å². The first-order chi connectivity index (χ1) is 9.27. The van der Waals surface area contributed by atoms with Crippen molar-refractivity contribution in [1.82, 2.24) is 15.5 Å². The highest BCUT2D eigenvalue weighted by atomic mass is 16.5. The van der Waals surface area contributed by atoms with E-state index < -0.39 is 0 Å². The van der Waals surface area contributed by atoms with Crippen molar-refractivity contribution >= 4 is 0 Å². The molecular formula is C15H23N3O. The number of hydrogen-bond donors (Lipinski definition) is 1. The number of rotatable bonds is 4. The second-order valence-corrected chi connectivity index (χ2v) is 6.99. The van der Waals surface area contributed by atoms with Crippen LogP contribution in [0.15, 0.2) is 4.52 Å². The average Bonchev–Trinajstić information content (AvgIpc) is 2.84. The van der Waals surface area contributed by atoms with Gasteiger partial charge in [-0.15, -0.1) is 0 Å². The number of hydrogen-bond acceptors (Lipinski definition) is 4. The van der Waals surface area contributed by atoms with Gasteiger partial charge in [0.05, 0.1) is 12.0 Å². The maximum atomic E-state index is 5.65. The number of nitrogens with one attached hydrogen (secondary N) is 1. The molecule has 0 radical (unpaired) electrons. The zero-order chi connectivity index (χ0) is 12.9. The molecule has 0 unspecified atom stereocenters. The fraction of sp³-hybridized carbons (Fsp3) is 0.867. The van der Waals surface area contributed by atoms with E-state index in [0.717, 1.165) is 42.6 Å². The van der Waals surface area contributed by atoms with Crippen LogP contribution in [0.5, 0.6) is 0 Å². The molecule has 0 aliphatic heterocycles. The van der Waals surface area contributed by atoms with Gasteiger partial charge in [0.25, 0.3) is 0 Å². The fourth-order valence-electron chi connectivity index (χ4n) is 5.15. The molecule has 104 valence electrons. The standard InChI is InChI=1S/C15H23N3O/c1-2-16-9-13-17-14(19-18-13)15-6-10-3-11(7-15)5-12(4-10)8-15/h10-12,16H,2-9H2,1H3.